The first-order valence-corrected chi connectivity index (χ1v) is 11.8. The van der Waals surface area contributed by atoms with Gasteiger partial charge in [-0.3, -0.25) is 4.79 Å². The van der Waals surface area contributed by atoms with Crippen LogP contribution in [0.1, 0.15) is 29.5 Å². The first kappa shape index (κ1) is 22.1. The molecule has 0 spiro atoms. The number of anilines is 1. The van der Waals surface area contributed by atoms with Crippen molar-refractivity contribution >= 4 is 44.8 Å². The SMILES string of the molecule is Cc1cccc(C)c1NC(=O)[C@H]1CCCN(S(=O)(=O)Cc2c(Cl)cccc2Cl)C1. The Bertz CT molecular complexity index is 984. The molecule has 2 aromatic carbocycles. The normalized spacial score (nSPS) is 17.9. The molecule has 0 aromatic heterocycles. The van der Waals surface area contributed by atoms with Crippen LogP contribution >= 0.6 is 23.2 Å². The van der Waals surface area contributed by atoms with Crippen LogP contribution in [0.25, 0.3) is 0 Å². The molecule has 0 bridgehead atoms. The Morgan fingerprint density at radius 3 is 2.31 bits per heavy atom. The van der Waals surface area contributed by atoms with Gasteiger partial charge in [0.1, 0.15) is 0 Å². The van der Waals surface area contributed by atoms with E-state index in [1.54, 1.807) is 18.2 Å². The van der Waals surface area contributed by atoms with Gasteiger partial charge in [-0.2, -0.15) is 0 Å². The fourth-order valence-electron chi connectivity index (χ4n) is 3.59. The number of carbonyl (C=O) groups is 1. The molecule has 29 heavy (non-hydrogen) atoms. The van der Waals surface area contributed by atoms with Crippen molar-refractivity contribution in [2.24, 2.45) is 5.92 Å². The lowest BCUT2D eigenvalue weighted by Crippen LogP contribution is -2.44. The fraction of sp³-hybridized carbons (Fsp3) is 0.381. The molecule has 2 aromatic rings. The Morgan fingerprint density at radius 1 is 1.10 bits per heavy atom. The molecular formula is C21H24Cl2N2O3S. The largest absolute Gasteiger partial charge is 0.325 e. The van der Waals surface area contributed by atoms with Crippen LogP contribution in [0.5, 0.6) is 0 Å². The molecule has 1 heterocycles. The molecule has 0 saturated carbocycles. The first-order chi connectivity index (χ1) is 13.7. The Hall–Kier alpha value is -1.60. The second-order valence-corrected chi connectivity index (χ2v) is 10.2. The highest BCUT2D eigenvalue weighted by molar-refractivity contribution is 7.88. The molecule has 1 aliphatic rings. The zero-order valence-corrected chi connectivity index (χ0v) is 18.7. The number of aryl methyl sites for hydroxylation is 2. The third-order valence-corrected chi connectivity index (χ3v) is 7.75. The van der Waals surface area contributed by atoms with Crippen LogP contribution in [0.3, 0.4) is 0 Å². The highest BCUT2D eigenvalue weighted by Crippen LogP contribution is 2.29. The van der Waals surface area contributed by atoms with Crippen molar-refractivity contribution in [1.29, 1.82) is 0 Å². The topological polar surface area (TPSA) is 66.5 Å². The van der Waals surface area contributed by atoms with E-state index in [1.807, 2.05) is 32.0 Å². The smallest absolute Gasteiger partial charge is 0.228 e. The Balaban J connectivity index is 1.73. The minimum Gasteiger partial charge on any atom is -0.325 e. The van der Waals surface area contributed by atoms with E-state index in [1.165, 1.54) is 4.31 Å². The molecule has 8 heteroatoms. The van der Waals surface area contributed by atoms with E-state index in [2.05, 4.69) is 5.32 Å². The summed E-state index contributed by atoms with van der Waals surface area (Å²) in [7, 11) is -3.65. The van der Waals surface area contributed by atoms with Crippen LogP contribution in [-0.4, -0.2) is 31.7 Å². The minimum atomic E-state index is -3.65. The molecule has 1 aliphatic heterocycles. The van der Waals surface area contributed by atoms with Crippen molar-refractivity contribution < 1.29 is 13.2 Å². The molecule has 3 rings (SSSR count). The van der Waals surface area contributed by atoms with Crippen molar-refractivity contribution in [3.05, 3.63) is 63.1 Å². The van der Waals surface area contributed by atoms with Gasteiger partial charge in [0, 0.05) is 34.4 Å². The van der Waals surface area contributed by atoms with Crippen LogP contribution in [0, 0.1) is 19.8 Å². The van der Waals surface area contributed by atoms with Crippen molar-refractivity contribution in [2.45, 2.75) is 32.4 Å². The van der Waals surface area contributed by atoms with E-state index < -0.39 is 15.9 Å². The number of hydrogen-bond acceptors (Lipinski definition) is 3. The molecule has 1 fully saturated rings. The summed E-state index contributed by atoms with van der Waals surface area (Å²) in [5, 5.41) is 3.63. The number of amides is 1. The first-order valence-electron chi connectivity index (χ1n) is 9.47. The summed E-state index contributed by atoms with van der Waals surface area (Å²) in [6.07, 6.45) is 1.27. The van der Waals surface area contributed by atoms with Crippen LogP contribution in [0.2, 0.25) is 10.0 Å². The van der Waals surface area contributed by atoms with Crippen molar-refractivity contribution in [2.75, 3.05) is 18.4 Å². The highest BCUT2D eigenvalue weighted by Gasteiger charge is 2.33. The maximum Gasteiger partial charge on any atom is 0.228 e. The maximum absolute atomic E-state index is 13.0. The summed E-state index contributed by atoms with van der Waals surface area (Å²) < 4.78 is 27.3. The van der Waals surface area contributed by atoms with E-state index >= 15 is 0 Å². The van der Waals surface area contributed by atoms with Gasteiger partial charge in [0.25, 0.3) is 0 Å². The van der Waals surface area contributed by atoms with Gasteiger partial charge in [0.05, 0.1) is 11.7 Å². The summed E-state index contributed by atoms with van der Waals surface area (Å²) in [4.78, 5) is 12.8. The molecule has 0 unspecified atom stereocenters. The predicted molar refractivity (Wildman–Crippen MR) is 118 cm³/mol. The average molecular weight is 455 g/mol. The van der Waals surface area contributed by atoms with Crippen molar-refractivity contribution in [1.82, 2.24) is 4.31 Å². The lowest BCUT2D eigenvalue weighted by molar-refractivity contribution is -0.120. The molecule has 156 valence electrons. The molecule has 1 atom stereocenters. The predicted octanol–water partition coefficient (Wildman–Crippen LogP) is 4.79. The van der Waals surface area contributed by atoms with Gasteiger partial charge in [-0.15, -0.1) is 0 Å². The number of carbonyl (C=O) groups excluding carboxylic acids is 1. The number of hydrogen-bond donors (Lipinski definition) is 1. The molecule has 5 nitrogen and oxygen atoms in total. The molecule has 0 aliphatic carbocycles. The van der Waals surface area contributed by atoms with Gasteiger partial charge >= 0.3 is 0 Å². The molecule has 1 N–H and O–H groups in total. The Kier molecular flexibility index (Phi) is 6.89. The van der Waals surface area contributed by atoms with E-state index in [-0.39, 0.29) is 18.2 Å². The zero-order chi connectivity index (χ0) is 21.2. The second-order valence-electron chi connectivity index (χ2n) is 7.41. The van der Waals surface area contributed by atoms with Crippen molar-refractivity contribution in [3.63, 3.8) is 0 Å². The third kappa shape index (κ3) is 5.12. The van der Waals surface area contributed by atoms with Crippen LogP contribution < -0.4 is 5.32 Å². The molecule has 1 amide bonds. The Morgan fingerprint density at radius 2 is 1.69 bits per heavy atom. The number of nitrogens with one attached hydrogen (secondary N) is 1. The second kappa shape index (κ2) is 9.04. The van der Waals surface area contributed by atoms with Crippen LogP contribution in [0.4, 0.5) is 5.69 Å². The van der Waals surface area contributed by atoms with Crippen molar-refractivity contribution in [3.8, 4) is 0 Å². The van der Waals surface area contributed by atoms with Gasteiger partial charge in [-0.1, -0.05) is 47.5 Å². The lowest BCUT2D eigenvalue weighted by atomic mass is 9.98. The van der Waals surface area contributed by atoms with E-state index in [0.29, 0.717) is 35.0 Å². The number of rotatable bonds is 5. The van der Waals surface area contributed by atoms with E-state index in [4.69, 9.17) is 23.2 Å². The quantitative estimate of drug-likeness (QED) is 0.705. The number of sulfonamides is 1. The summed E-state index contributed by atoms with van der Waals surface area (Å²) in [5.41, 5.74) is 3.14. The van der Waals surface area contributed by atoms with Gasteiger partial charge in [0.15, 0.2) is 0 Å². The minimum absolute atomic E-state index is 0.154. The summed E-state index contributed by atoms with van der Waals surface area (Å²) >= 11 is 12.3. The van der Waals surface area contributed by atoms with Crippen LogP contribution in [-0.2, 0) is 20.6 Å². The molecular weight excluding hydrogens is 431 g/mol. The standard InChI is InChI=1S/C21H24Cl2N2O3S/c1-14-6-3-7-15(2)20(14)24-21(26)16-8-5-11-25(12-16)29(27,28)13-17-18(22)9-4-10-19(17)23/h3-4,6-7,9-10,16H,5,8,11-13H2,1-2H3,(H,24,26)/t16-/m0/s1. The number of nitrogens with zero attached hydrogens (tertiary/aromatic N) is 1. The monoisotopic (exact) mass is 454 g/mol. The summed E-state index contributed by atoms with van der Waals surface area (Å²) in [6, 6.07) is 10.7. The Labute approximate surface area is 182 Å². The summed E-state index contributed by atoms with van der Waals surface area (Å²) in [5.74, 6) is -0.839. The third-order valence-electron chi connectivity index (χ3n) is 5.27. The van der Waals surface area contributed by atoms with Gasteiger partial charge in [0.2, 0.25) is 15.9 Å². The number of halogens is 2. The summed E-state index contributed by atoms with van der Waals surface area (Å²) in [6.45, 7) is 4.42. The van der Waals surface area contributed by atoms with E-state index in [0.717, 1.165) is 16.8 Å². The highest BCUT2D eigenvalue weighted by atomic mass is 35.5. The molecule has 0 radical (unpaired) electrons. The molecule has 1 saturated heterocycles. The number of benzene rings is 2. The van der Waals surface area contributed by atoms with Gasteiger partial charge in [-0.25, -0.2) is 12.7 Å². The average Bonchev–Trinajstić information content (AvgIpc) is 2.68. The number of piperidine rings is 1. The lowest BCUT2D eigenvalue weighted by Gasteiger charge is -2.31. The van der Waals surface area contributed by atoms with Gasteiger partial charge in [-0.05, 0) is 49.9 Å². The number of para-hydroxylation sites is 1. The maximum atomic E-state index is 13.0. The van der Waals surface area contributed by atoms with Gasteiger partial charge < -0.3 is 5.32 Å². The van der Waals surface area contributed by atoms with E-state index in [9.17, 15) is 13.2 Å². The fourth-order valence-corrected chi connectivity index (χ4v) is 5.95. The van der Waals surface area contributed by atoms with Crippen LogP contribution in [0.15, 0.2) is 36.4 Å². The zero-order valence-electron chi connectivity index (χ0n) is 16.4.